The number of para-hydroxylation sites is 1. The molecule has 1 aliphatic rings. The summed E-state index contributed by atoms with van der Waals surface area (Å²) in [6.07, 6.45) is 4.02. The van der Waals surface area contributed by atoms with Crippen molar-refractivity contribution < 1.29 is 14.4 Å². The Labute approximate surface area is 170 Å². The molecule has 2 heterocycles. The number of nitrogens with two attached hydrogens (primary N) is 1. The fourth-order valence-corrected chi connectivity index (χ4v) is 4.07. The van der Waals surface area contributed by atoms with Gasteiger partial charge in [0.15, 0.2) is 0 Å². The van der Waals surface area contributed by atoms with Crippen LogP contribution in [0, 0.1) is 5.92 Å². The van der Waals surface area contributed by atoms with E-state index >= 15 is 0 Å². The predicted molar refractivity (Wildman–Crippen MR) is 112 cm³/mol. The molecule has 0 spiro atoms. The summed E-state index contributed by atoms with van der Waals surface area (Å²) in [5, 5.41) is 4.90. The van der Waals surface area contributed by atoms with Crippen LogP contribution in [0.15, 0.2) is 60.8 Å². The van der Waals surface area contributed by atoms with Crippen molar-refractivity contribution in [2.45, 2.75) is 19.4 Å². The first-order valence-corrected chi connectivity index (χ1v) is 10.1. The number of carbonyl (C=O) groups is 1. The zero-order valence-electron chi connectivity index (χ0n) is 16.7. The lowest BCUT2D eigenvalue weighted by atomic mass is 9.97. The van der Waals surface area contributed by atoms with E-state index in [0.717, 1.165) is 55.2 Å². The first kappa shape index (κ1) is 19.2. The molecule has 1 aromatic heterocycles. The van der Waals surface area contributed by atoms with Gasteiger partial charge in [-0.25, -0.2) is 4.68 Å². The number of rotatable bonds is 6. The Hall–Kier alpha value is -3.12. The molecule has 0 saturated carbocycles. The molecule has 0 bridgehead atoms. The highest BCUT2D eigenvalue weighted by Crippen LogP contribution is 2.25. The number of methoxy groups -OCH3 is 1. The summed E-state index contributed by atoms with van der Waals surface area (Å²) in [6, 6.07) is 18.1. The average Bonchev–Trinajstić information content (AvgIpc) is 3.18. The van der Waals surface area contributed by atoms with E-state index in [-0.39, 0.29) is 11.8 Å². The number of nitrogens with zero attached hydrogens (tertiary/aromatic N) is 2. The lowest BCUT2D eigenvalue weighted by Crippen LogP contribution is -3.12. The lowest BCUT2D eigenvalue weighted by Gasteiger charge is -2.28. The molecule has 6 heteroatoms. The number of primary amides is 1. The van der Waals surface area contributed by atoms with Gasteiger partial charge in [-0.3, -0.25) is 4.79 Å². The smallest absolute Gasteiger partial charge is 0.226 e. The van der Waals surface area contributed by atoms with Crippen molar-refractivity contribution in [3.8, 4) is 22.7 Å². The number of carbonyl (C=O) groups excluding carboxylic acids is 1. The fourth-order valence-electron chi connectivity index (χ4n) is 4.07. The minimum Gasteiger partial charge on any atom is -0.497 e. The maximum Gasteiger partial charge on any atom is 0.226 e. The Morgan fingerprint density at radius 3 is 2.66 bits per heavy atom. The quantitative estimate of drug-likeness (QED) is 0.673. The van der Waals surface area contributed by atoms with Gasteiger partial charge in [-0.2, -0.15) is 5.10 Å². The van der Waals surface area contributed by atoms with Crippen LogP contribution in [0.3, 0.4) is 0 Å². The fraction of sp³-hybridized carbons (Fsp3) is 0.304. The molecule has 1 aliphatic heterocycles. The van der Waals surface area contributed by atoms with Crippen LogP contribution in [0.2, 0.25) is 0 Å². The minimum absolute atomic E-state index is 0.0349. The van der Waals surface area contributed by atoms with E-state index in [1.807, 2.05) is 59.3 Å². The molecule has 0 aliphatic carbocycles. The second-order valence-electron chi connectivity index (χ2n) is 7.63. The van der Waals surface area contributed by atoms with Crippen molar-refractivity contribution in [2.24, 2.45) is 11.7 Å². The Morgan fingerprint density at radius 1 is 1.21 bits per heavy atom. The molecule has 3 aromatic rings. The summed E-state index contributed by atoms with van der Waals surface area (Å²) >= 11 is 0. The molecule has 1 fully saturated rings. The highest BCUT2D eigenvalue weighted by Gasteiger charge is 2.28. The van der Waals surface area contributed by atoms with Crippen LogP contribution in [-0.4, -0.2) is 35.9 Å². The monoisotopic (exact) mass is 391 g/mol. The molecule has 3 N–H and O–H groups in total. The molecule has 1 amide bonds. The molecule has 6 nitrogen and oxygen atoms in total. The number of benzene rings is 2. The Bertz CT molecular complexity index is 966. The maximum absolute atomic E-state index is 11.7. The minimum atomic E-state index is -0.183. The standard InChI is InChI=1S/C23H26N4O2/c1-29-21-11-9-17(10-12-21)22-19(15-26-13-5-6-18(14-26)23(24)28)16-27(25-22)20-7-3-2-4-8-20/h2-4,7-12,16,18H,5-6,13-15H2,1H3,(H2,24,28)/p+1/t18-/m1/s1. The van der Waals surface area contributed by atoms with E-state index in [0.29, 0.717) is 0 Å². The number of ether oxygens (including phenoxy) is 1. The van der Waals surface area contributed by atoms with E-state index in [1.54, 1.807) is 7.11 Å². The van der Waals surface area contributed by atoms with E-state index in [1.165, 1.54) is 10.5 Å². The number of aromatic nitrogens is 2. The average molecular weight is 391 g/mol. The van der Waals surface area contributed by atoms with Crippen molar-refractivity contribution in [2.75, 3.05) is 20.2 Å². The summed E-state index contributed by atoms with van der Waals surface area (Å²) in [5.41, 5.74) is 9.78. The van der Waals surface area contributed by atoms with E-state index < -0.39 is 0 Å². The normalized spacial score (nSPS) is 19.1. The topological polar surface area (TPSA) is 74.6 Å². The van der Waals surface area contributed by atoms with Gasteiger partial charge in [0, 0.05) is 11.8 Å². The molecule has 1 saturated heterocycles. The molecule has 2 aromatic carbocycles. The summed E-state index contributed by atoms with van der Waals surface area (Å²) in [7, 11) is 1.67. The first-order chi connectivity index (χ1) is 14.1. The van der Waals surface area contributed by atoms with E-state index in [2.05, 4.69) is 6.20 Å². The van der Waals surface area contributed by atoms with Crippen molar-refractivity contribution in [1.82, 2.24) is 9.78 Å². The Balaban J connectivity index is 1.67. The maximum atomic E-state index is 11.7. The molecule has 1 unspecified atom stereocenters. The Kier molecular flexibility index (Phi) is 5.62. The van der Waals surface area contributed by atoms with Crippen molar-refractivity contribution in [3.05, 3.63) is 66.4 Å². The van der Waals surface area contributed by atoms with Crippen LogP contribution in [0.4, 0.5) is 0 Å². The SMILES string of the molecule is COc1ccc(-c2nn(-c3ccccc3)cc2C[NH+]2CCC[C@@H](C(N)=O)C2)cc1. The molecule has 150 valence electrons. The molecule has 29 heavy (non-hydrogen) atoms. The second kappa shape index (κ2) is 8.49. The largest absolute Gasteiger partial charge is 0.497 e. The van der Waals surface area contributed by atoms with Gasteiger partial charge in [0.1, 0.15) is 18.0 Å². The molecule has 2 atom stereocenters. The first-order valence-electron chi connectivity index (χ1n) is 10.1. The number of hydrogen-bond donors (Lipinski definition) is 2. The van der Waals surface area contributed by atoms with Gasteiger partial charge in [0.2, 0.25) is 5.91 Å². The number of quaternary nitrogens is 1. The van der Waals surface area contributed by atoms with Crippen molar-refractivity contribution >= 4 is 5.91 Å². The van der Waals surface area contributed by atoms with E-state index in [4.69, 9.17) is 15.6 Å². The van der Waals surface area contributed by atoms with Crippen molar-refractivity contribution in [3.63, 3.8) is 0 Å². The van der Waals surface area contributed by atoms with Crippen LogP contribution >= 0.6 is 0 Å². The highest BCUT2D eigenvalue weighted by molar-refractivity contribution is 5.76. The number of hydrogen-bond acceptors (Lipinski definition) is 3. The number of likely N-dealkylation sites (tertiary alicyclic amines) is 1. The van der Waals surface area contributed by atoms with Crippen LogP contribution < -0.4 is 15.4 Å². The van der Waals surface area contributed by atoms with Crippen LogP contribution in [0.5, 0.6) is 5.75 Å². The van der Waals surface area contributed by atoms with Gasteiger partial charge in [-0.15, -0.1) is 0 Å². The van der Waals surface area contributed by atoms with Crippen LogP contribution in [-0.2, 0) is 11.3 Å². The van der Waals surface area contributed by atoms with Crippen LogP contribution in [0.25, 0.3) is 16.9 Å². The van der Waals surface area contributed by atoms with Crippen LogP contribution in [0.1, 0.15) is 18.4 Å². The summed E-state index contributed by atoms with van der Waals surface area (Å²) in [5.74, 6) is 0.605. The summed E-state index contributed by atoms with van der Waals surface area (Å²) in [4.78, 5) is 13.0. The van der Waals surface area contributed by atoms with Gasteiger partial charge in [-0.1, -0.05) is 18.2 Å². The summed E-state index contributed by atoms with van der Waals surface area (Å²) in [6.45, 7) is 2.65. The molecular formula is C23H27N4O2+. The molecule has 4 rings (SSSR count). The molecular weight excluding hydrogens is 364 g/mol. The predicted octanol–water partition coefficient (Wildman–Crippen LogP) is 1.83. The Morgan fingerprint density at radius 2 is 1.97 bits per heavy atom. The zero-order valence-corrected chi connectivity index (χ0v) is 16.7. The number of amides is 1. The van der Waals surface area contributed by atoms with Gasteiger partial charge in [0.05, 0.1) is 37.4 Å². The third kappa shape index (κ3) is 4.32. The van der Waals surface area contributed by atoms with Gasteiger partial charge >= 0.3 is 0 Å². The number of piperidine rings is 1. The summed E-state index contributed by atoms with van der Waals surface area (Å²) < 4.78 is 7.23. The second-order valence-corrected chi connectivity index (χ2v) is 7.63. The van der Waals surface area contributed by atoms with Gasteiger partial charge in [0.25, 0.3) is 0 Å². The number of nitrogens with one attached hydrogen (secondary N) is 1. The zero-order chi connectivity index (χ0) is 20.2. The highest BCUT2D eigenvalue weighted by atomic mass is 16.5. The lowest BCUT2D eigenvalue weighted by molar-refractivity contribution is -0.921. The molecule has 0 radical (unpaired) electrons. The van der Waals surface area contributed by atoms with Gasteiger partial charge in [-0.05, 0) is 49.2 Å². The van der Waals surface area contributed by atoms with E-state index in [9.17, 15) is 4.79 Å². The third-order valence-electron chi connectivity index (χ3n) is 5.64. The van der Waals surface area contributed by atoms with Gasteiger partial charge < -0.3 is 15.4 Å². The van der Waals surface area contributed by atoms with Crippen molar-refractivity contribution in [1.29, 1.82) is 0 Å². The third-order valence-corrected chi connectivity index (χ3v) is 5.64.